The minimum absolute atomic E-state index is 0.0743. The predicted octanol–water partition coefficient (Wildman–Crippen LogP) is 0.165. The fraction of sp³-hybridized carbons (Fsp3) is 0.500. The SMILES string of the molecule is Cn1c(N2CCOCC2)nc2cc(C(=O)NCCN3CCNC3=O)ccc21. The number of morpholine rings is 1. The number of nitrogens with one attached hydrogen (secondary N) is 2. The summed E-state index contributed by atoms with van der Waals surface area (Å²) in [5, 5.41) is 5.62. The second-order valence-electron chi connectivity index (χ2n) is 6.75. The number of rotatable bonds is 5. The summed E-state index contributed by atoms with van der Waals surface area (Å²) in [6.07, 6.45) is 0. The maximum absolute atomic E-state index is 12.4. The standard InChI is InChI=1S/C18H24N6O3/c1-22-15-3-2-13(16(25)19-4-6-24-7-5-20-18(24)26)12-14(15)21-17(22)23-8-10-27-11-9-23/h2-3,12H,4-11H2,1H3,(H,19,25)(H,20,26). The van der Waals surface area contributed by atoms with Crippen LogP contribution >= 0.6 is 0 Å². The molecule has 0 radical (unpaired) electrons. The molecular formula is C18H24N6O3. The van der Waals surface area contributed by atoms with Gasteiger partial charge in [-0.15, -0.1) is 0 Å². The van der Waals surface area contributed by atoms with Crippen molar-refractivity contribution in [3.8, 4) is 0 Å². The number of benzene rings is 1. The summed E-state index contributed by atoms with van der Waals surface area (Å²) in [6, 6.07) is 5.48. The first-order valence-corrected chi connectivity index (χ1v) is 9.23. The van der Waals surface area contributed by atoms with Crippen LogP contribution in [0.2, 0.25) is 0 Å². The van der Waals surface area contributed by atoms with E-state index >= 15 is 0 Å². The van der Waals surface area contributed by atoms with Crippen LogP contribution in [0.3, 0.4) is 0 Å². The van der Waals surface area contributed by atoms with Crippen molar-refractivity contribution in [2.45, 2.75) is 0 Å². The van der Waals surface area contributed by atoms with E-state index < -0.39 is 0 Å². The lowest BCUT2D eigenvalue weighted by atomic mass is 10.2. The molecule has 1 aromatic heterocycles. The summed E-state index contributed by atoms with van der Waals surface area (Å²) in [5.41, 5.74) is 2.35. The van der Waals surface area contributed by atoms with E-state index in [2.05, 4.69) is 15.5 Å². The minimum Gasteiger partial charge on any atom is -0.378 e. The van der Waals surface area contributed by atoms with Gasteiger partial charge in [0.15, 0.2) is 0 Å². The van der Waals surface area contributed by atoms with Gasteiger partial charge in [0, 0.05) is 51.9 Å². The highest BCUT2D eigenvalue weighted by molar-refractivity contribution is 5.97. The second-order valence-corrected chi connectivity index (χ2v) is 6.75. The van der Waals surface area contributed by atoms with E-state index in [1.54, 1.807) is 4.90 Å². The molecule has 4 rings (SSSR count). The largest absolute Gasteiger partial charge is 0.378 e. The molecule has 0 aliphatic carbocycles. The molecule has 2 aromatic rings. The molecule has 1 aromatic carbocycles. The second kappa shape index (κ2) is 7.43. The number of anilines is 1. The minimum atomic E-state index is -0.157. The highest BCUT2D eigenvalue weighted by Gasteiger charge is 2.20. The maximum atomic E-state index is 12.4. The lowest BCUT2D eigenvalue weighted by molar-refractivity contribution is 0.0950. The summed E-state index contributed by atoms with van der Waals surface area (Å²) < 4.78 is 7.46. The Morgan fingerprint density at radius 2 is 2.11 bits per heavy atom. The smallest absolute Gasteiger partial charge is 0.317 e. The van der Waals surface area contributed by atoms with Crippen LogP contribution in [-0.2, 0) is 11.8 Å². The van der Waals surface area contributed by atoms with Crippen molar-refractivity contribution in [3.05, 3.63) is 23.8 Å². The number of hydrogen-bond acceptors (Lipinski definition) is 5. The van der Waals surface area contributed by atoms with Crippen molar-refractivity contribution >= 4 is 28.9 Å². The van der Waals surface area contributed by atoms with E-state index in [0.29, 0.717) is 45.0 Å². The molecule has 2 N–H and O–H groups in total. The summed E-state index contributed by atoms with van der Waals surface area (Å²) in [5.74, 6) is 0.737. The Morgan fingerprint density at radius 1 is 1.30 bits per heavy atom. The molecule has 0 spiro atoms. The van der Waals surface area contributed by atoms with Crippen molar-refractivity contribution in [1.29, 1.82) is 0 Å². The van der Waals surface area contributed by atoms with Crippen molar-refractivity contribution in [3.63, 3.8) is 0 Å². The molecule has 0 saturated carbocycles. The molecule has 3 amide bonds. The average molecular weight is 372 g/mol. The lowest BCUT2D eigenvalue weighted by Gasteiger charge is -2.27. The van der Waals surface area contributed by atoms with Gasteiger partial charge in [0.1, 0.15) is 0 Å². The van der Waals surface area contributed by atoms with E-state index in [1.165, 1.54) is 0 Å². The first kappa shape index (κ1) is 17.6. The van der Waals surface area contributed by atoms with Gasteiger partial charge in [0.2, 0.25) is 5.95 Å². The van der Waals surface area contributed by atoms with Crippen molar-refractivity contribution in [2.75, 3.05) is 57.4 Å². The zero-order valence-corrected chi connectivity index (χ0v) is 15.4. The number of nitrogens with zero attached hydrogens (tertiary/aromatic N) is 4. The summed E-state index contributed by atoms with van der Waals surface area (Å²) in [6.45, 7) is 5.30. The van der Waals surface area contributed by atoms with Gasteiger partial charge in [-0.05, 0) is 18.2 Å². The molecule has 3 heterocycles. The number of carbonyl (C=O) groups excluding carboxylic acids is 2. The summed E-state index contributed by atoms with van der Waals surface area (Å²) >= 11 is 0. The van der Waals surface area contributed by atoms with Crippen molar-refractivity contribution in [2.24, 2.45) is 7.05 Å². The van der Waals surface area contributed by atoms with Gasteiger partial charge < -0.3 is 29.7 Å². The van der Waals surface area contributed by atoms with E-state index in [1.807, 2.05) is 29.8 Å². The molecule has 27 heavy (non-hydrogen) atoms. The highest BCUT2D eigenvalue weighted by atomic mass is 16.5. The van der Waals surface area contributed by atoms with Crippen molar-refractivity contribution < 1.29 is 14.3 Å². The molecule has 144 valence electrons. The van der Waals surface area contributed by atoms with Gasteiger partial charge in [-0.25, -0.2) is 9.78 Å². The van der Waals surface area contributed by atoms with Crippen LogP contribution < -0.4 is 15.5 Å². The molecule has 2 aliphatic heterocycles. The number of urea groups is 1. The highest BCUT2D eigenvalue weighted by Crippen LogP contribution is 2.23. The van der Waals surface area contributed by atoms with Crippen LogP contribution in [-0.4, -0.2) is 78.9 Å². The van der Waals surface area contributed by atoms with E-state index in [-0.39, 0.29) is 11.9 Å². The Balaban J connectivity index is 1.44. The van der Waals surface area contributed by atoms with Gasteiger partial charge >= 0.3 is 6.03 Å². The van der Waals surface area contributed by atoms with Gasteiger partial charge in [0.05, 0.1) is 24.2 Å². The van der Waals surface area contributed by atoms with Crippen LogP contribution in [0.4, 0.5) is 10.7 Å². The third-order valence-corrected chi connectivity index (χ3v) is 5.03. The third kappa shape index (κ3) is 3.55. The normalized spacial score (nSPS) is 17.4. The number of carbonyl (C=O) groups is 2. The Morgan fingerprint density at radius 3 is 2.85 bits per heavy atom. The van der Waals surface area contributed by atoms with E-state index in [9.17, 15) is 9.59 Å². The fourth-order valence-electron chi connectivity index (χ4n) is 3.51. The molecular weight excluding hydrogens is 348 g/mol. The molecule has 2 aliphatic rings. The van der Waals surface area contributed by atoms with E-state index in [0.717, 1.165) is 30.1 Å². The van der Waals surface area contributed by atoms with Crippen LogP contribution in [0.25, 0.3) is 11.0 Å². The van der Waals surface area contributed by atoms with Gasteiger partial charge in [-0.3, -0.25) is 4.79 Å². The van der Waals surface area contributed by atoms with Gasteiger partial charge in [0.25, 0.3) is 5.91 Å². The fourth-order valence-corrected chi connectivity index (χ4v) is 3.51. The van der Waals surface area contributed by atoms with Crippen LogP contribution in [0.5, 0.6) is 0 Å². The first-order chi connectivity index (χ1) is 13.1. The molecule has 2 fully saturated rings. The lowest BCUT2D eigenvalue weighted by Crippen LogP contribution is -2.37. The number of fused-ring (bicyclic) bond motifs is 1. The molecule has 9 heteroatoms. The molecule has 0 atom stereocenters. The van der Waals surface area contributed by atoms with Crippen molar-refractivity contribution in [1.82, 2.24) is 25.1 Å². The maximum Gasteiger partial charge on any atom is 0.317 e. The number of amides is 3. The summed E-state index contributed by atoms with van der Waals surface area (Å²) in [4.78, 5) is 32.6. The number of aromatic nitrogens is 2. The Kier molecular flexibility index (Phi) is 4.85. The number of aryl methyl sites for hydroxylation is 1. The monoisotopic (exact) mass is 372 g/mol. The van der Waals surface area contributed by atoms with Gasteiger partial charge in [-0.1, -0.05) is 0 Å². The summed E-state index contributed by atoms with van der Waals surface area (Å²) in [7, 11) is 1.99. The first-order valence-electron chi connectivity index (χ1n) is 9.23. The Bertz CT molecular complexity index is 858. The van der Waals surface area contributed by atoms with Crippen LogP contribution in [0.15, 0.2) is 18.2 Å². The van der Waals surface area contributed by atoms with Crippen LogP contribution in [0.1, 0.15) is 10.4 Å². The van der Waals surface area contributed by atoms with E-state index in [4.69, 9.17) is 9.72 Å². The topological polar surface area (TPSA) is 91.7 Å². The predicted molar refractivity (Wildman–Crippen MR) is 101 cm³/mol. The third-order valence-electron chi connectivity index (χ3n) is 5.03. The number of hydrogen-bond donors (Lipinski definition) is 2. The number of ether oxygens (including phenoxy) is 1. The quantitative estimate of drug-likeness (QED) is 0.780. The zero-order valence-electron chi connectivity index (χ0n) is 15.4. The van der Waals surface area contributed by atoms with Crippen LogP contribution in [0, 0.1) is 0 Å². The zero-order chi connectivity index (χ0) is 18.8. The Hall–Kier alpha value is -2.81. The molecule has 0 bridgehead atoms. The molecule has 0 unspecified atom stereocenters. The number of imidazole rings is 1. The molecule has 2 saturated heterocycles. The Labute approximate surface area is 157 Å². The van der Waals surface area contributed by atoms with Gasteiger partial charge in [-0.2, -0.15) is 0 Å². The average Bonchev–Trinajstić information content (AvgIpc) is 3.25. The molecule has 9 nitrogen and oxygen atoms in total.